The summed E-state index contributed by atoms with van der Waals surface area (Å²) in [4.78, 5) is 0. The van der Waals surface area contributed by atoms with Crippen LogP contribution in [0.25, 0.3) is 0 Å². The molecule has 3 rings (SSSR count). The van der Waals surface area contributed by atoms with Crippen LogP contribution in [0.3, 0.4) is 0 Å². The van der Waals surface area contributed by atoms with Crippen LogP contribution in [0.2, 0.25) is 0 Å². The van der Waals surface area contributed by atoms with Gasteiger partial charge in [0.05, 0.1) is 19.8 Å². The van der Waals surface area contributed by atoms with E-state index in [0.29, 0.717) is 12.6 Å². The van der Waals surface area contributed by atoms with E-state index in [2.05, 4.69) is 67.7 Å². The van der Waals surface area contributed by atoms with Gasteiger partial charge in [-0.2, -0.15) is 0 Å². The third-order valence-electron chi connectivity index (χ3n) is 4.71. The van der Waals surface area contributed by atoms with Gasteiger partial charge in [-0.1, -0.05) is 92.7 Å². The maximum Gasteiger partial charge on any atom is 0.124 e. The van der Waals surface area contributed by atoms with Crippen LogP contribution >= 0.6 is 0 Å². The summed E-state index contributed by atoms with van der Waals surface area (Å²) in [5.41, 5.74) is 3.41. The van der Waals surface area contributed by atoms with Crippen molar-refractivity contribution in [2.75, 3.05) is 7.11 Å². The second kappa shape index (κ2) is 10.1. The fraction of sp³-hybridized carbons (Fsp3) is 0.280. The molecule has 0 amide bonds. The molecule has 0 spiro atoms. The minimum Gasteiger partial charge on any atom is -0.496 e. The number of ether oxygens (including phenoxy) is 2. The van der Waals surface area contributed by atoms with E-state index in [1.807, 2.05) is 36.4 Å². The van der Waals surface area contributed by atoms with E-state index in [4.69, 9.17) is 9.47 Å². The highest BCUT2D eigenvalue weighted by Gasteiger charge is 2.26. The molecule has 0 aliphatic rings. The van der Waals surface area contributed by atoms with Crippen molar-refractivity contribution in [3.63, 3.8) is 0 Å². The molecule has 146 valence electrons. The van der Waals surface area contributed by atoms with Gasteiger partial charge in [-0.15, -0.1) is 0 Å². The number of hydrogen-bond donors (Lipinski definition) is 1. The monoisotopic (exact) mass is 375 g/mol. The van der Waals surface area contributed by atoms with E-state index in [1.165, 1.54) is 5.56 Å². The highest BCUT2D eigenvalue weighted by atomic mass is 16.5. The molecule has 3 aromatic rings. The van der Waals surface area contributed by atoms with Gasteiger partial charge in [-0.25, -0.2) is 0 Å². The fourth-order valence-corrected chi connectivity index (χ4v) is 3.41. The van der Waals surface area contributed by atoms with Crippen LogP contribution in [-0.4, -0.2) is 13.2 Å². The van der Waals surface area contributed by atoms with Gasteiger partial charge in [0.15, 0.2) is 0 Å². The highest BCUT2D eigenvalue weighted by Crippen LogP contribution is 2.34. The predicted molar refractivity (Wildman–Crippen MR) is 114 cm³/mol. The third-order valence-corrected chi connectivity index (χ3v) is 4.71. The van der Waals surface area contributed by atoms with Crippen molar-refractivity contribution in [2.24, 2.45) is 0 Å². The van der Waals surface area contributed by atoms with Crippen molar-refractivity contribution in [1.82, 2.24) is 5.32 Å². The highest BCUT2D eigenvalue weighted by molar-refractivity contribution is 5.33. The first-order valence-electron chi connectivity index (χ1n) is 9.78. The van der Waals surface area contributed by atoms with Crippen molar-refractivity contribution >= 4 is 0 Å². The molecule has 2 atom stereocenters. The van der Waals surface area contributed by atoms with Crippen molar-refractivity contribution in [3.8, 4) is 5.75 Å². The molecule has 3 nitrogen and oxygen atoms in total. The Kier molecular flexibility index (Phi) is 7.24. The number of methoxy groups -OCH3 is 1. The minimum atomic E-state index is -0.129. The average Bonchev–Trinajstić information content (AvgIpc) is 2.74. The smallest absolute Gasteiger partial charge is 0.124 e. The van der Waals surface area contributed by atoms with E-state index in [1.54, 1.807) is 7.11 Å². The Balaban J connectivity index is 1.93. The molecule has 0 aliphatic heterocycles. The number of rotatable bonds is 9. The summed E-state index contributed by atoms with van der Waals surface area (Å²) in [5.74, 6) is 0.849. The van der Waals surface area contributed by atoms with E-state index in [9.17, 15) is 0 Å². The lowest BCUT2D eigenvalue weighted by atomic mass is 9.95. The molecule has 0 saturated carbocycles. The van der Waals surface area contributed by atoms with Gasteiger partial charge < -0.3 is 14.8 Å². The van der Waals surface area contributed by atoms with Crippen LogP contribution in [0.4, 0.5) is 0 Å². The van der Waals surface area contributed by atoms with Crippen LogP contribution in [0, 0.1) is 0 Å². The zero-order valence-corrected chi connectivity index (χ0v) is 16.8. The first kappa shape index (κ1) is 20.1. The Morgan fingerprint density at radius 1 is 0.750 bits per heavy atom. The molecule has 0 fully saturated rings. The van der Waals surface area contributed by atoms with E-state index >= 15 is 0 Å². The topological polar surface area (TPSA) is 30.5 Å². The molecule has 0 saturated heterocycles. The van der Waals surface area contributed by atoms with E-state index in [-0.39, 0.29) is 12.1 Å². The molecule has 0 bridgehead atoms. The fourth-order valence-electron chi connectivity index (χ4n) is 3.41. The van der Waals surface area contributed by atoms with Crippen molar-refractivity contribution in [2.45, 2.75) is 38.6 Å². The Bertz CT molecular complexity index is 833. The van der Waals surface area contributed by atoms with Crippen molar-refractivity contribution < 1.29 is 9.47 Å². The summed E-state index contributed by atoms with van der Waals surface area (Å²) < 4.78 is 12.0. The molecular formula is C25H29NO2. The van der Waals surface area contributed by atoms with Crippen molar-refractivity contribution in [3.05, 3.63) is 102 Å². The molecule has 0 radical (unpaired) electrons. The first-order valence-corrected chi connectivity index (χ1v) is 9.78. The summed E-state index contributed by atoms with van der Waals surface area (Å²) in [6.07, 6.45) is -0.129. The standard InChI is InChI=1S/C25H29NO2/c1-19(2)26-24(20-12-6-4-7-13-20)25(21-14-8-5-9-15-21)28-18-22-16-10-11-17-23(22)27-3/h4-17,19,24-26H,18H2,1-3H3/t24-,25-/m1/s1. The number of para-hydroxylation sites is 1. The third kappa shape index (κ3) is 5.22. The van der Waals surface area contributed by atoms with Gasteiger partial charge >= 0.3 is 0 Å². The number of hydrogen-bond acceptors (Lipinski definition) is 3. The summed E-state index contributed by atoms with van der Waals surface area (Å²) in [6.45, 7) is 4.81. The normalized spacial score (nSPS) is 13.3. The molecule has 3 heteroatoms. The molecular weight excluding hydrogens is 346 g/mol. The quantitative estimate of drug-likeness (QED) is 0.521. The van der Waals surface area contributed by atoms with E-state index in [0.717, 1.165) is 16.9 Å². The van der Waals surface area contributed by atoms with Crippen LogP contribution in [0.1, 0.15) is 42.7 Å². The summed E-state index contributed by atoms with van der Waals surface area (Å²) in [5, 5.41) is 3.70. The zero-order valence-electron chi connectivity index (χ0n) is 16.8. The molecule has 0 unspecified atom stereocenters. The Labute approximate surface area is 168 Å². The van der Waals surface area contributed by atoms with Crippen molar-refractivity contribution in [1.29, 1.82) is 0 Å². The van der Waals surface area contributed by atoms with Crippen LogP contribution in [0.5, 0.6) is 5.75 Å². The Morgan fingerprint density at radius 2 is 1.32 bits per heavy atom. The van der Waals surface area contributed by atoms with Crippen LogP contribution < -0.4 is 10.1 Å². The van der Waals surface area contributed by atoms with Gasteiger partial charge in [0.1, 0.15) is 11.9 Å². The molecule has 0 aliphatic carbocycles. The number of benzene rings is 3. The van der Waals surface area contributed by atoms with Gasteiger partial charge in [0, 0.05) is 11.6 Å². The molecule has 0 aromatic heterocycles. The Hall–Kier alpha value is -2.62. The molecule has 28 heavy (non-hydrogen) atoms. The van der Waals surface area contributed by atoms with Gasteiger partial charge in [-0.05, 0) is 17.2 Å². The summed E-state index contributed by atoms with van der Waals surface area (Å²) >= 11 is 0. The average molecular weight is 376 g/mol. The lowest BCUT2D eigenvalue weighted by Crippen LogP contribution is -2.33. The first-order chi connectivity index (χ1) is 13.7. The largest absolute Gasteiger partial charge is 0.496 e. The zero-order chi connectivity index (χ0) is 19.8. The van der Waals surface area contributed by atoms with Gasteiger partial charge in [-0.3, -0.25) is 0 Å². The van der Waals surface area contributed by atoms with Gasteiger partial charge in [0.2, 0.25) is 0 Å². The van der Waals surface area contributed by atoms with E-state index < -0.39 is 0 Å². The Morgan fingerprint density at radius 3 is 1.93 bits per heavy atom. The lowest BCUT2D eigenvalue weighted by Gasteiger charge is -2.31. The molecule has 3 aromatic carbocycles. The maximum absolute atomic E-state index is 6.53. The second-order valence-corrected chi connectivity index (χ2v) is 7.16. The predicted octanol–water partition coefficient (Wildman–Crippen LogP) is 5.69. The summed E-state index contributed by atoms with van der Waals surface area (Å²) in [7, 11) is 1.70. The maximum atomic E-state index is 6.53. The van der Waals surface area contributed by atoms with Crippen LogP contribution in [-0.2, 0) is 11.3 Å². The molecule has 1 N–H and O–H groups in total. The SMILES string of the molecule is COc1ccccc1CO[C@H](c1ccccc1)[C@H](NC(C)C)c1ccccc1. The minimum absolute atomic E-state index is 0.0401. The number of nitrogens with one attached hydrogen (secondary N) is 1. The second-order valence-electron chi connectivity index (χ2n) is 7.16. The molecule has 0 heterocycles. The summed E-state index contributed by atoms with van der Waals surface area (Å²) in [6, 6.07) is 29.3. The van der Waals surface area contributed by atoms with Gasteiger partial charge in [0.25, 0.3) is 0 Å². The van der Waals surface area contributed by atoms with Crippen LogP contribution in [0.15, 0.2) is 84.9 Å². The lowest BCUT2D eigenvalue weighted by molar-refractivity contribution is 0.00949.